The van der Waals surface area contributed by atoms with Gasteiger partial charge in [0.25, 0.3) is 0 Å². The van der Waals surface area contributed by atoms with Gasteiger partial charge in [0.1, 0.15) is 11.9 Å². The van der Waals surface area contributed by atoms with E-state index >= 15 is 0 Å². The first-order valence-corrected chi connectivity index (χ1v) is 6.17. The molecule has 1 aromatic carbocycles. The second-order valence-corrected chi connectivity index (χ2v) is 5.15. The van der Waals surface area contributed by atoms with E-state index in [9.17, 15) is 9.18 Å². The van der Waals surface area contributed by atoms with Gasteiger partial charge >= 0.3 is 0 Å². The number of rotatable bonds is 1. The summed E-state index contributed by atoms with van der Waals surface area (Å²) in [5.41, 5.74) is 7.77. The number of nitrogens with two attached hydrogens (primary N) is 1. The van der Waals surface area contributed by atoms with Crippen molar-refractivity contribution in [2.45, 2.75) is 25.4 Å². The number of amides is 1. The van der Waals surface area contributed by atoms with E-state index in [0.717, 1.165) is 24.1 Å². The Hall–Kier alpha value is -1.46. The molecule has 2 aliphatic rings. The van der Waals surface area contributed by atoms with Crippen LogP contribution in [-0.2, 0) is 4.79 Å². The van der Waals surface area contributed by atoms with Gasteiger partial charge in [0, 0.05) is 24.7 Å². The monoisotopic (exact) mass is 249 g/mol. The molecule has 0 aliphatic carbocycles. The van der Waals surface area contributed by atoms with Crippen molar-refractivity contribution < 1.29 is 9.18 Å². The van der Waals surface area contributed by atoms with Crippen LogP contribution in [0.3, 0.4) is 0 Å². The number of likely N-dealkylation sites (tertiary alicyclic amines) is 1. The Balaban J connectivity index is 2.01. The van der Waals surface area contributed by atoms with Crippen molar-refractivity contribution in [2.24, 2.45) is 5.73 Å². The molecule has 0 bridgehead atoms. The van der Waals surface area contributed by atoms with Gasteiger partial charge in [0.2, 0.25) is 5.91 Å². The summed E-state index contributed by atoms with van der Waals surface area (Å²) >= 11 is 0. The smallest absolute Gasteiger partial charge is 0.246 e. The van der Waals surface area contributed by atoms with Gasteiger partial charge in [-0.25, -0.2) is 4.39 Å². The third-order valence-electron chi connectivity index (χ3n) is 3.68. The molecule has 2 unspecified atom stereocenters. The SMILES string of the molecule is Cc1cc(F)c2c(c1)C(N1CCC(N)C1)C(=O)N2. The van der Waals surface area contributed by atoms with Crippen LogP contribution in [0.2, 0.25) is 0 Å². The Morgan fingerprint density at radius 2 is 2.28 bits per heavy atom. The third kappa shape index (κ3) is 1.71. The molecule has 0 aromatic heterocycles. The van der Waals surface area contributed by atoms with Crippen LogP contribution in [0.5, 0.6) is 0 Å². The molecule has 0 radical (unpaired) electrons. The van der Waals surface area contributed by atoms with E-state index in [-0.39, 0.29) is 23.8 Å². The largest absolute Gasteiger partial charge is 0.326 e. The Kier molecular flexibility index (Phi) is 2.60. The zero-order chi connectivity index (χ0) is 12.9. The average Bonchev–Trinajstić information content (AvgIpc) is 2.82. The molecular formula is C13H16FN3O. The maximum Gasteiger partial charge on any atom is 0.246 e. The van der Waals surface area contributed by atoms with Crippen molar-refractivity contribution in [3.8, 4) is 0 Å². The first-order chi connectivity index (χ1) is 8.56. The van der Waals surface area contributed by atoms with Crippen LogP contribution in [0.1, 0.15) is 23.6 Å². The molecule has 3 N–H and O–H groups in total. The zero-order valence-corrected chi connectivity index (χ0v) is 10.2. The summed E-state index contributed by atoms with van der Waals surface area (Å²) in [6.45, 7) is 3.31. The highest BCUT2D eigenvalue weighted by molar-refractivity contribution is 6.02. The molecule has 96 valence electrons. The Bertz CT molecular complexity index is 517. The second kappa shape index (κ2) is 4.03. The van der Waals surface area contributed by atoms with E-state index in [1.165, 1.54) is 6.07 Å². The molecule has 3 rings (SSSR count). The van der Waals surface area contributed by atoms with Crippen LogP contribution in [-0.4, -0.2) is 29.9 Å². The number of nitrogens with one attached hydrogen (secondary N) is 1. The summed E-state index contributed by atoms with van der Waals surface area (Å²) in [6.07, 6.45) is 0.882. The summed E-state index contributed by atoms with van der Waals surface area (Å²) in [6, 6.07) is 3.04. The van der Waals surface area contributed by atoms with Crippen molar-refractivity contribution in [2.75, 3.05) is 18.4 Å². The first kappa shape index (κ1) is 11.6. The number of hydrogen-bond donors (Lipinski definition) is 2. The topological polar surface area (TPSA) is 58.4 Å². The van der Waals surface area contributed by atoms with Crippen molar-refractivity contribution in [3.05, 3.63) is 29.1 Å². The number of fused-ring (bicyclic) bond motifs is 1. The summed E-state index contributed by atoms with van der Waals surface area (Å²) in [5, 5.41) is 2.64. The molecule has 1 amide bonds. The van der Waals surface area contributed by atoms with Crippen molar-refractivity contribution in [1.82, 2.24) is 4.90 Å². The predicted molar refractivity (Wildman–Crippen MR) is 66.7 cm³/mol. The molecule has 1 fully saturated rings. The van der Waals surface area contributed by atoms with Crippen LogP contribution in [0.15, 0.2) is 12.1 Å². The predicted octanol–water partition coefficient (Wildman–Crippen LogP) is 1.16. The summed E-state index contributed by atoms with van der Waals surface area (Å²) in [5.74, 6) is -0.507. The number of aryl methyl sites for hydroxylation is 1. The number of benzene rings is 1. The lowest BCUT2D eigenvalue weighted by Crippen LogP contribution is -2.33. The van der Waals surface area contributed by atoms with Crippen molar-refractivity contribution in [1.29, 1.82) is 0 Å². The maximum absolute atomic E-state index is 13.8. The Morgan fingerprint density at radius 1 is 1.50 bits per heavy atom. The number of carbonyl (C=O) groups excluding carboxylic acids is 1. The molecular weight excluding hydrogens is 233 g/mol. The van der Waals surface area contributed by atoms with E-state index < -0.39 is 0 Å². The van der Waals surface area contributed by atoms with Gasteiger partial charge in [-0.1, -0.05) is 6.07 Å². The minimum Gasteiger partial charge on any atom is -0.326 e. The van der Waals surface area contributed by atoms with E-state index in [1.807, 2.05) is 17.9 Å². The van der Waals surface area contributed by atoms with E-state index in [4.69, 9.17) is 5.73 Å². The van der Waals surface area contributed by atoms with Crippen molar-refractivity contribution in [3.63, 3.8) is 0 Å². The number of halogens is 1. The molecule has 2 atom stereocenters. The second-order valence-electron chi connectivity index (χ2n) is 5.15. The lowest BCUT2D eigenvalue weighted by molar-refractivity contribution is -0.120. The third-order valence-corrected chi connectivity index (χ3v) is 3.68. The standard InChI is InChI=1S/C13H16FN3O/c1-7-4-9-11(10(14)5-7)16-13(18)12(9)17-3-2-8(15)6-17/h4-5,8,12H,2-3,6,15H2,1H3,(H,16,18). The van der Waals surface area contributed by atoms with Crippen LogP contribution in [0.25, 0.3) is 0 Å². The lowest BCUT2D eigenvalue weighted by atomic mass is 10.0. The van der Waals surface area contributed by atoms with Gasteiger partial charge < -0.3 is 11.1 Å². The van der Waals surface area contributed by atoms with Gasteiger partial charge in [0.15, 0.2) is 0 Å². The van der Waals surface area contributed by atoms with E-state index in [1.54, 1.807) is 0 Å². The average molecular weight is 249 g/mol. The highest BCUT2D eigenvalue weighted by Gasteiger charge is 2.39. The van der Waals surface area contributed by atoms with Gasteiger partial charge in [-0.3, -0.25) is 9.69 Å². The highest BCUT2D eigenvalue weighted by Crippen LogP contribution is 2.38. The summed E-state index contributed by atoms with van der Waals surface area (Å²) in [7, 11) is 0. The number of anilines is 1. The molecule has 2 aliphatic heterocycles. The van der Waals surface area contributed by atoms with Gasteiger partial charge in [-0.2, -0.15) is 0 Å². The van der Waals surface area contributed by atoms with Gasteiger partial charge in [-0.15, -0.1) is 0 Å². The molecule has 0 spiro atoms. The van der Waals surface area contributed by atoms with E-state index in [2.05, 4.69) is 5.32 Å². The summed E-state index contributed by atoms with van der Waals surface area (Å²) < 4.78 is 13.8. The molecule has 1 aromatic rings. The fraction of sp³-hybridized carbons (Fsp3) is 0.462. The van der Waals surface area contributed by atoms with Gasteiger partial charge in [0.05, 0.1) is 5.69 Å². The Labute approximate surface area is 105 Å². The molecule has 0 saturated carbocycles. The fourth-order valence-corrected chi connectivity index (χ4v) is 2.86. The minimum absolute atomic E-state index is 0.108. The zero-order valence-electron chi connectivity index (χ0n) is 10.2. The molecule has 1 saturated heterocycles. The quantitative estimate of drug-likeness (QED) is 0.785. The normalized spacial score (nSPS) is 27.4. The van der Waals surface area contributed by atoms with Crippen LogP contribution >= 0.6 is 0 Å². The molecule has 2 heterocycles. The van der Waals surface area contributed by atoms with Crippen LogP contribution in [0.4, 0.5) is 10.1 Å². The fourth-order valence-electron chi connectivity index (χ4n) is 2.86. The number of carbonyl (C=O) groups is 1. The molecule has 4 nitrogen and oxygen atoms in total. The van der Waals surface area contributed by atoms with Gasteiger partial charge in [-0.05, 0) is 25.0 Å². The number of nitrogens with zero attached hydrogens (tertiary/aromatic N) is 1. The van der Waals surface area contributed by atoms with Crippen LogP contribution < -0.4 is 11.1 Å². The first-order valence-electron chi connectivity index (χ1n) is 6.17. The number of hydrogen-bond acceptors (Lipinski definition) is 3. The maximum atomic E-state index is 13.8. The highest BCUT2D eigenvalue weighted by atomic mass is 19.1. The Morgan fingerprint density at radius 3 is 2.94 bits per heavy atom. The van der Waals surface area contributed by atoms with Crippen LogP contribution in [0, 0.1) is 12.7 Å². The minimum atomic E-state index is -0.386. The van der Waals surface area contributed by atoms with Crippen molar-refractivity contribution >= 4 is 11.6 Å². The molecule has 5 heteroatoms. The van der Waals surface area contributed by atoms with E-state index in [0.29, 0.717) is 12.2 Å². The summed E-state index contributed by atoms with van der Waals surface area (Å²) in [4.78, 5) is 14.1. The lowest BCUT2D eigenvalue weighted by Gasteiger charge is -2.22. The molecule has 18 heavy (non-hydrogen) atoms.